The van der Waals surface area contributed by atoms with Crippen molar-refractivity contribution in [3.05, 3.63) is 30.1 Å². The normalized spacial score (nSPS) is 11.2. The number of rotatable bonds is 5. The Morgan fingerprint density at radius 1 is 1.35 bits per heavy atom. The molecule has 1 rings (SSSR count). The van der Waals surface area contributed by atoms with Crippen molar-refractivity contribution in [1.29, 1.82) is 0 Å². The molecule has 0 aromatic heterocycles. The molecule has 0 aliphatic carbocycles. The van der Waals surface area contributed by atoms with E-state index in [-0.39, 0.29) is 11.5 Å². The van der Waals surface area contributed by atoms with Gasteiger partial charge in [-0.15, -0.1) is 4.83 Å². The largest absolute Gasteiger partial charge is 0.375 e. The molecular formula is C9H11FN2O4S. The number of halogens is 1. The fourth-order valence-corrected chi connectivity index (χ4v) is 1.82. The first-order valence-corrected chi connectivity index (χ1v) is 5.99. The zero-order chi connectivity index (χ0) is 12.9. The highest BCUT2D eigenvalue weighted by Crippen LogP contribution is 2.08. The lowest BCUT2D eigenvalue weighted by Gasteiger charge is -2.07. The van der Waals surface area contributed by atoms with E-state index < -0.39 is 21.7 Å². The first-order chi connectivity index (χ1) is 7.95. The highest BCUT2D eigenvalue weighted by Gasteiger charge is 2.14. The summed E-state index contributed by atoms with van der Waals surface area (Å²) in [5.41, 5.74) is 1.94. The lowest BCUT2D eigenvalue weighted by Crippen LogP contribution is -2.43. The Labute approximate surface area is 97.8 Å². The van der Waals surface area contributed by atoms with E-state index in [2.05, 4.69) is 4.74 Å². The lowest BCUT2D eigenvalue weighted by molar-refractivity contribution is -0.125. The number of hydrogen-bond donors (Lipinski definition) is 2. The average molecular weight is 262 g/mol. The zero-order valence-corrected chi connectivity index (χ0v) is 9.75. The van der Waals surface area contributed by atoms with Gasteiger partial charge in [0.05, 0.1) is 4.90 Å². The van der Waals surface area contributed by atoms with E-state index in [1.165, 1.54) is 7.11 Å². The molecule has 8 heteroatoms. The summed E-state index contributed by atoms with van der Waals surface area (Å²) >= 11 is 0. The summed E-state index contributed by atoms with van der Waals surface area (Å²) < 4.78 is 40.2. The van der Waals surface area contributed by atoms with Crippen molar-refractivity contribution < 1.29 is 22.3 Å². The van der Waals surface area contributed by atoms with Gasteiger partial charge in [0, 0.05) is 7.11 Å². The summed E-state index contributed by atoms with van der Waals surface area (Å²) in [6.45, 7) is -0.272. The molecule has 0 atom stereocenters. The third kappa shape index (κ3) is 4.10. The van der Waals surface area contributed by atoms with Crippen molar-refractivity contribution in [1.82, 2.24) is 10.3 Å². The van der Waals surface area contributed by atoms with Gasteiger partial charge in [0.15, 0.2) is 0 Å². The maximum atomic E-state index is 12.6. The van der Waals surface area contributed by atoms with Crippen LogP contribution in [0.15, 0.2) is 29.2 Å². The third-order valence-corrected chi connectivity index (χ3v) is 2.99. The Morgan fingerprint density at radius 3 is 2.47 bits per heavy atom. The Kier molecular flexibility index (Phi) is 4.55. The van der Waals surface area contributed by atoms with E-state index in [0.717, 1.165) is 24.3 Å². The van der Waals surface area contributed by atoms with E-state index >= 15 is 0 Å². The maximum absolute atomic E-state index is 12.6. The number of amides is 1. The minimum absolute atomic E-state index is 0.156. The van der Waals surface area contributed by atoms with Crippen molar-refractivity contribution in [2.24, 2.45) is 0 Å². The van der Waals surface area contributed by atoms with Crippen LogP contribution in [-0.2, 0) is 19.6 Å². The Hall–Kier alpha value is -1.51. The van der Waals surface area contributed by atoms with Gasteiger partial charge >= 0.3 is 0 Å². The van der Waals surface area contributed by atoms with Crippen LogP contribution in [0, 0.1) is 5.82 Å². The molecule has 1 aromatic carbocycles. The molecule has 6 nitrogen and oxygen atoms in total. The van der Waals surface area contributed by atoms with E-state index in [1.807, 2.05) is 10.3 Å². The van der Waals surface area contributed by atoms with Gasteiger partial charge in [0.1, 0.15) is 12.4 Å². The summed E-state index contributed by atoms with van der Waals surface area (Å²) in [5.74, 6) is -1.19. The van der Waals surface area contributed by atoms with Gasteiger partial charge in [-0.05, 0) is 24.3 Å². The van der Waals surface area contributed by atoms with Gasteiger partial charge in [-0.3, -0.25) is 10.2 Å². The molecule has 94 valence electrons. The first-order valence-electron chi connectivity index (χ1n) is 4.51. The summed E-state index contributed by atoms with van der Waals surface area (Å²) in [5, 5.41) is 0. The minimum atomic E-state index is -3.89. The van der Waals surface area contributed by atoms with Crippen LogP contribution >= 0.6 is 0 Å². The van der Waals surface area contributed by atoms with Crippen molar-refractivity contribution >= 4 is 15.9 Å². The van der Waals surface area contributed by atoms with E-state index in [1.54, 1.807) is 0 Å². The van der Waals surface area contributed by atoms with Gasteiger partial charge in [0.25, 0.3) is 15.9 Å². The van der Waals surface area contributed by atoms with Crippen molar-refractivity contribution in [2.45, 2.75) is 4.90 Å². The molecule has 1 amide bonds. The number of hydrogen-bond acceptors (Lipinski definition) is 4. The molecule has 0 aliphatic rings. The number of methoxy groups -OCH3 is 1. The molecule has 0 spiro atoms. The number of nitrogens with one attached hydrogen (secondary N) is 2. The second-order valence-corrected chi connectivity index (χ2v) is 4.72. The number of carbonyl (C=O) groups is 1. The zero-order valence-electron chi connectivity index (χ0n) is 8.94. The first kappa shape index (κ1) is 13.6. The smallest absolute Gasteiger partial charge is 0.260 e. The van der Waals surface area contributed by atoms with Crippen LogP contribution < -0.4 is 10.3 Å². The number of carbonyl (C=O) groups excluding carboxylic acids is 1. The predicted molar refractivity (Wildman–Crippen MR) is 56.7 cm³/mol. The monoisotopic (exact) mass is 262 g/mol. The fraction of sp³-hybridized carbons (Fsp3) is 0.222. The summed E-state index contributed by atoms with van der Waals surface area (Å²) in [7, 11) is -2.59. The molecular weight excluding hydrogens is 251 g/mol. The van der Waals surface area contributed by atoms with Gasteiger partial charge in [-0.2, -0.15) is 0 Å². The van der Waals surface area contributed by atoms with Crippen LogP contribution in [0.25, 0.3) is 0 Å². The molecule has 1 aromatic rings. The SMILES string of the molecule is COCC(=O)NNS(=O)(=O)c1ccc(F)cc1. The van der Waals surface area contributed by atoms with Crippen LogP contribution in [0.2, 0.25) is 0 Å². The molecule has 0 unspecified atom stereocenters. The molecule has 17 heavy (non-hydrogen) atoms. The fourth-order valence-electron chi connectivity index (χ4n) is 0.964. The van der Waals surface area contributed by atoms with Crippen molar-refractivity contribution in [3.63, 3.8) is 0 Å². The van der Waals surface area contributed by atoms with Crippen molar-refractivity contribution in [2.75, 3.05) is 13.7 Å². The second-order valence-electron chi connectivity index (χ2n) is 3.04. The standard InChI is InChI=1S/C9H11FN2O4S/c1-16-6-9(13)11-12-17(14,15)8-4-2-7(10)3-5-8/h2-5,12H,6H2,1H3,(H,11,13). The molecule has 0 saturated carbocycles. The summed E-state index contributed by atoms with van der Waals surface area (Å²) in [6, 6.07) is 4.18. The number of ether oxygens (including phenoxy) is 1. The van der Waals surface area contributed by atoms with Gasteiger partial charge in [-0.25, -0.2) is 12.8 Å². The molecule has 0 aliphatic heterocycles. The Bertz CT molecular complexity index is 486. The second kappa shape index (κ2) is 5.71. The van der Waals surface area contributed by atoms with E-state index in [4.69, 9.17) is 0 Å². The van der Waals surface area contributed by atoms with Gasteiger partial charge in [0.2, 0.25) is 0 Å². The Morgan fingerprint density at radius 2 is 1.94 bits per heavy atom. The summed E-state index contributed by atoms with van der Waals surface area (Å²) in [4.78, 5) is 12.6. The van der Waals surface area contributed by atoms with Crippen LogP contribution in [0.4, 0.5) is 4.39 Å². The number of benzene rings is 1. The summed E-state index contributed by atoms with van der Waals surface area (Å²) in [6.07, 6.45) is 0. The Balaban J connectivity index is 2.69. The van der Waals surface area contributed by atoms with Crippen molar-refractivity contribution in [3.8, 4) is 0 Å². The quantitative estimate of drug-likeness (QED) is 0.719. The van der Waals surface area contributed by atoms with Crippen LogP contribution in [0.5, 0.6) is 0 Å². The molecule has 0 saturated heterocycles. The van der Waals surface area contributed by atoms with Gasteiger partial charge in [-0.1, -0.05) is 0 Å². The highest BCUT2D eigenvalue weighted by atomic mass is 32.2. The molecule has 0 fully saturated rings. The van der Waals surface area contributed by atoms with Crippen LogP contribution in [0.1, 0.15) is 0 Å². The molecule has 0 heterocycles. The van der Waals surface area contributed by atoms with Gasteiger partial charge < -0.3 is 4.74 Å². The maximum Gasteiger partial charge on any atom is 0.260 e. The lowest BCUT2D eigenvalue weighted by atomic mass is 10.4. The highest BCUT2D eigenvalue weighted by molar-refractivity contribution is 7.89. The van der Waals surface area contributed by atoms with Crippen LogP contribution in [-0.4, -0.2) is 28.0 Å². The van der Waals surface area contributed by atoms with Crippen LogP contribution in [0.3, 0.4) is 0 Å². The number of sulfonamides is 1. The van der Waals surface area contributed by atoms with E-state index in [0.29, 0.717) is 0 Å². The minimum Gasteiger partial charge on any atom is -0.375 e. The third-order valence-electron chi connectivity index (χ3n) is 1.72. The predicted octanol–water partition coefficient (Wildman–Crippen LogP) is -0.218. The number of hydrazine groups is 1. The molecule has 2 N–H and O–H groups in total. The topological polar surface area (TPSA) is 84.5 Å². The van der Waals surface area contributed by atoms with E-state index in [9.17, 15) is 17.6 Å². The molecule has 0 radical (unpaired) electrons. The molecule has 0 bridgehead atoms. The average Bonchev–Trinajstić information content (AvgIpc) is 2.28.